The van der Waals surface area contributed by atoms with Gasteiger partial charge in [0, 0.05) is 6.61 Å². The van der Waals surface area contributed by atoms with E-state index in [9.17, 15) is 4.39 Å². The standard InChI is InChI=1S/C11H14FNO/c12-10-5-9(3-4-11(10)13)7-14-6-8-1-2-8/h3-5,8H,1-2,6-7,13H2. The lowest BCUT2D eigenvalue weighted by Crippen LogP contribution is -1.98. The fourth-order valence-corrected chi connectivity index (χ4v) is 1.29. The molecule has 2 rings (SSSR count). The molecule has 76 valence electrons. The fraction of sp³-hybridized carbons (Fsp3) is 0.455. The van der Waals surface area contributed by atoms with Crippen molar-refractivity contribution in [1.82, 2.24) is 0 Å². The molecule has 1 aromatic rings. The summed E-state index contributed by atoms with van der Waals surface area (Å²) in [5.74, 6) is 0.381. The van der Waals surface area contributed by atoms with E-state index in [1.54, 1.807) is 12.1 Å². The minimum Gasteiger partial charge on any atom is -0.396 e. The largest absolute Gasteiger partial charge is 0.396 e. The first kappa shape index (κ1) is 9.46. The average molecular weight is 195 g/mol. The van der Waals surface area contributed by atoms with Crippen LogP contribution >= 0.6 is 0 Å². The molecule has 0 atom stereocenters. The van der Waals surface area contributed by atoms with Crippen molar-refractivity contribution in [3.8, 4) is 0 Å². The summed E-state index contributed by atoms with van der Waals surface area (Å²) >= 11 is 0. The van der Waals surface area contributed by atoms with Gasteiger partial charge in [-0.1, -0.05) is 6.07 Å². The molecule has 2 nitrogen and oxygen atoms in total. The molecule has 0 heterocycles. The molecule has 14 heavy (non-hydrogen) atoms. The second-order valence-corrected chi connectivity index (χ2v) is 3.81. The van der Waals surface area contributed by atoms with Crippen molar-refractivity contribution >= 4 is 5.69 Å². The maximum atomic E-state index is 13.0. The van der Waals surface area contributed by atoms with Gasteiger partial charge in [-0.25, -0.2) is 4.39 Å². The number of anilines is 1. The zero-order valence-corrected chi connectivity index (χ0v) is 8.00. The van der Waals surface area contributed by atoms with Crippen molar-refractivity contribution in [3.05, 3.63) is 29.6 Å². The Morgan fingerprint density at radius 3 is 2.86 bits per heavy atom. The van der Waals surface area contributed by atoms with Crippen LogP contribution < -0.4 is 5.73 Å². The number of halogens is 1. The number of rotatable bonds is 4. The van der Waals surface area contributed by atoms with Crippen LogP contribution in [0, 0.1) is 11.7 Å². The van der Waals surface area contributed by atoms with Crippen molar-refractivity contribution in [2.45, 2.75) is 19.4 Å². The Balaban J connectivity index is 1.85. The molecule has 0 unspecified atom stereocenters. The topological polar surface area (TPSA) is 35.2 Å². The van der Waals surface area contributed by atoms with Gasteiger partial charge in [0.05, 0.1) is 12.3 Å². The Morgan fingerprint density at radius 2 is 2.21 bits per heavy atom. The van der Waals surface area contributed by atoms with E-state index < -0.39 is 0 Å². The Bertz CT molecular complexity index is 323. The quantitative estimate of drug-likeness (QED) is 0.748. The highest BCUT2D eigenvalue weighted by Gasteiger charge is 2.20. The van der Waals surface area contributed by atoms with Crippen molar-refractivity contribution in [2.75, 3.05) is 12.3 Å². The summed E-state index contributed by atoms with van der Waals surface area (Å²) in [7, 11) is 0. The molecule has 0 aliphatic heterocycles. The Labute approximate surface area is 82.9 Å². The molecular weight excluding hydrogens is 181 g/mol. The Kier molecular flexibility index (Phi) is 2.68. The lowest BCUT2D eigenvalue weighted by atomic mass is 10.2. The molecule has 0 bridgehead atoms. The van der Waals surface area contributed by atoms with Crippen LogP contribution in [0.1, 0.15) is 18.4 Å². The Morgan fingerprint density at radius 1 is 1.43 bits per heavy atom. The van der Waals surface area contributed by atoms with Crippen LogP contribution in [0.3, 0.4) is 0 Å². The van der Waals surface area contributed by atoms with Crippen LogP contribution in [0.4, 0.5) is 10.1 Å². The summed E-state index contributed by atoms with van der Waals surface area (Å²) in [5, 5.41) is 0. The third-order valence-corrected chi connectivity index (χ3v) is 2.38. The van der Waals surface area contributed by atoms with Gasteiger partial charge in [0.2, 0.25) is 0 Å². The SMILES string of the molecule is Nc1ccc(COCC2CC2)cc1F. The molecule has 0 saturated heterocycles. The van der Waals surface area contributed by atoms with Gasteiger partial charge in [-0.2, -0.15) is 0 Å². The molecule has 1 aliphatic rings. The van der Waals surface area contributed by atoms with Crippen LogP contribution in [0.2, 0.25) is 0 Å². The zero-order chi connectivity index (χ0) is 9.97. The van der Waals surface area contributed by atoms with E-state index in [0.29, 0.717) is 6.61 Å². The molecule has 3 heteroatoms. The van der Waals surface area contributed by atoms with E-state index in [4.69, 9.17) is 10.5 Å². The molecule has 1 saturated carbocycles. The summed E-state index contributed by atoms with van der Waals surface area (Å²) in [6.07, 6.45) is 2.55. The Hall–Kier alpha value is -1.09. The highest BCUT2D eigenvalue weighted by Crippen LogP contribution is 2.29. The van der Waals surface area contributed by atoms with Gasteiger partial charge in [0.15, 0.2) is 0 Å². The summed E-state index contributed by atoms with van der Waals surface area (Å²) in [4.78, 5) is 0. The number of nitrogens with two attached hydrogens (primary N) is 1. The smallest absolute Gasteiger partial charge is 0.146 e. The second kappa shape index (κ2) is 3.96. The van der Waals surface area contributed by atoms with Gasteiger partial charge >= 0.3 is 0 Å². The molecule has 2 N–H and O–H groups in total. The second-order valence-electron chi connectivity index (χ2n) is 3.81. The number of nitrogen functional groups attached to an aromatic ring is 1. The van der Waals surface area contributed by atoms with E-state index in [1.807, 2.05) is 0 Å². The first-order valence-electron chi connectivity index (χ1n) is 4.87. The predicted molar refractivity (Wildman–Crippen MR) is 53.2 cm³/mol. The molecule has 1 aliphatic carbocycles. The van der Waals surface area contributed by atoms with Crippen LogP contribution in [0.15, 0.2) is 18.2 Å². The normalized spacial score (nSPS) is 15.8. The molecule has 1 aromatic carbocycles. The first-order chi connectivity index (χ1) is 6.75. The molecule has 1 fully saturated rings. The van der Waals surface area contributed by atoms with Gasteiger partial charge < -0.3 is 10.5 Å². The minimum absolute atomic E-state index is 0.191. The van der Waals surface area contributed by atoms with Crippen molar-refractivity contribution in [2.24, 2.45) is 5.92 Å². The van der Waals surface area contributed by atoms with E-state index in [-0.39, 0.29) is 11.5 Å². The van der Waals surface area contributed by atoms with Crippen LogP contribution in [0.5, 0.6) is 0 Å². The number of hydrogen-bond donors (Lipinski definition) is 1. The van der Waals surface area contributed by atoms with Gasteiger partial charge in [-0.3, -0.25) is 0 Å². The van der Waals surface area contributed by atoms with E-state index in [0.717, 1.165) is 18.1 Å². The third kappa shape index (κ3) is 2.45. The highest BCUT2D eigenvalue weighted by molar-refractivity contribution is 5.41. The predicted octanol–water partition coefficient (Wildman–Crippen LogP) is 2.33. The number of hydrogen-bond acceptors (Lipinski definition) is 2. The number of benzene rings is 1. The number of ether oxygens (including phenoxy) is 1. The maximum Gasteiger partial charge on any atom is 0.146 e. The van der Waals surface area contributed by atoms with Crippen LogP contribution in [0.25, 0.3) is 0 Å². The summed E-state index contributed by atoms with van der Waals surface area (Å²) in [5.41, 5.74) is 6.40. The summed E-state index contributed by atoms with van der Waals surface area (Å²) < 4.78 is 18.4. The van der Waals surface area contributed by atoms with Crippen LogP contribution in [-0.2, 0) is 11.3 Å². The third-order valence-electron chi connectivity index (χ3n) is 2.38. The maximum absolute atomic E-state index is 13.0. The average Bonchev–Trinajstić information content (AvgIpc) is 2.95. The molecule has 0 spiro atoms. The summed E-state index contributed by atoms with van der Waals surface area (Å²) in [6.45, 7) is 1.28. The van der Waals surface area contributed by atoms with Gasteiger partial charge in [-0.15, -0.1) is 0 Å². The molecular formula is C11H14FNO. The lowest BCUT2D eigenvalue weighted by molar-refractivity contribution is 0.111. The van der Waals surface area contributed by atoms with Gasteiger partial charge in [0.25, 0.3) is 0 Å². The first-order valence-corrected chi connectivity index (χ1v) is 4.87. The summed E-state index contributed by atoms with van der Waals surface area (Å²) in [6, 6.07) is 4.80. The fourth-order valence-electron chi connectivity index (χ4n) is 1.29. The minimum atomic E-state index is -0.363. The zero-order valence-electron chi connectivity index (χ0n) is 8.00. The van der Waals surface area contributed by atoms with Gasteiger partial charge in [0.1, 0.15) is 5.82 Å². The van der Waals surface area contributed by atoms with Crippen molar-refractivity contribution < 1.29 is 9.13 Å². The van der Waals surface area contributed by atoms with Crippen molar-refractivity contribution in [3.63, 3.8) is 0 Å². The molecule has 0 aromatic heterocycles. The molecule has 0 amide bonds. The van der Waals surface area contributed by atoms with E-state index in [1.165, 1.54) is 18.9 Å². The van der Waals surface area contributed by atoms with E-state index in [2.05, 4.69) is 0 Å². The molecule has 0 radical (unpaired) electrons. The highest BCUT2D eigenvalue weighted by atomic mass is 19.1. The van der Waals surface area contributed by atoms with E-state index >= 15 is 0 Å². The monoisotopic (exact) mass is 195 g/mol. The van der Waals surface area contributed by atoms with Crippen molar-refractivity contribution in [1.29, 1.82) is 0 Å². The lowest BCUT2D eigenvalue weighted by Gasteiger charge is -2.04. The van der Waals surface area contributed by atoms with Gasteiger partial charge in [-0.05, 0) is 36.5 Å². The van der Waals surface area contributed by atoms with Crippen LogP contribution in [-0.4, -0.2) is 6.61 Å².